The van der Waals surface area contributed by atoms with Crippen LogP contribution in [0, 0.1) is 0 Å². The van der Waals surface area contributed by atoms with E-state index in [-0.39, 0.29) is 28.3 Å². The van der Waals surface area contributed by atoms with Gasteiger partial charge in [0, 0.05) is 50.1 Å². The molecule has 1 aliphatic rings. The highest BCUT2D eigenvalue weighted by atomic mass is 32.2. The van der Waals surface area contributed by atoms with E-state index in [1.807, 2.05) is 67.5 Å². The van der Waals surface area contributed by atoms with Crippen molar-refractivity contribution in [2.75, 3.05) is 46.2 Å². The van der Waals surface area contributed by atoms with Crippen LogP contribution < -0.4 is 24.7 Å². The van der Waals surface area contributed by atoms with Crippen molar-refractivity contribution in [2.24, 2.45) is 5.14 Å². The first kappa shape index (κ1) is 34.4. The van der Waals surface area contributed by atoms with E-state index >= 15 is 0 Å². The summed E-state index contributed by atoms with van der Waals surface area (Å²) >= 11 is 0. The molecule has 3 N–H and O–H groups in total. The fourth-order valence-corrected chi connectivity index (χ4v) is 6.28. The van der Waals surface area contributed by atoms with Gasteiger partial charge < -0.3 is 29.3 Å². The second-order valence-electron chi connectivity index (χ2n) is 12.1. The summed E-state index contributed by atoms with van der Waals surface area (Å²) in [4.78, 5) is 21.0. The number of primary sulfonamides is 1. The number of aromatic nitrogens is 3. The van der Waals surface area contributed by atoms with Crippen molar-refractivity contribution in [2.45, 2.75) is 23.9 Å². The van der Waals surface area contributed by atoms with Crippen LogP contribution in [0.1, 0.15) is 12.0 Å². The van der Waals surface area contributed by atoms with E-state index in [9.17, 15) is 13.2 Å². The smallest absolute Gasteiger partial charge is 0.246 e. The van der Waals surface area contributed by atoms with Crippen LogP contribution in [-0.4, -0.2) is 85.8 Å². The number of sulfonamides is 1. The molecule has 13 nitrogen and oxygen atoms in total. The van der Waals surface area contributed by atoms with Crippen LogP contribution in [0.5, 0.6) is 28.7 Å². The quantitative estimate of drug-likeness (QED) is 0.163. The van der Waals surface area contributed by atoms with Crippen molar-refractivity contribution in [1.82, 2.24) is 24.6 Å². The summed E-state index contributed by atoms with van der Waals surface area (Å²) in [5, 5.41) is 14.6. The highest BCUT2D eigenvalue weighted by Gasteiger charge is 2.28. The Morgan fingerprint density at radius 3 is 2.48 bits per heavy atom. The molecule has 5 aromatic rings. The first-order chi connectivity index (χ1) is 24.1. The monoisotopic (exact) mass is 697 g/mol. The average molecular weight is 698 g/mol. The Balaban J connectivity index is 1.34. The number of amides is 1. The van der Waals surface area contributed by atoms with Crippen LogP contribution >= 0.6 is 0 Å². The maximum absolute atomic E-state index is 12.9. The summed E-state index contributed by atoms with van der Waals surface area (Å²) in [6.07, 6.45) is 5.74. The Morgan fingerprint density at radius 1 is 1.00 bits per heavy atom. The van der Waals surface area contributed by atoms with E-state index in [2.05, 4.69) is 10.3 Å². The normalized spacial score (nSPS) is 14.8. The van der Waals surface area contributed by atoms with Crippen molar-refractivity contribution in [3.63, 3.8) is 0 Å². The number of methoxy groups -OCH3 is 1. The molecule has 260 valence electrons. The fourth-order valence-electron chi connectivity index (χ4n) is 5.61. The number of likely N-dealkylation sites (tertiary alicyclic amines) is 1. The SMILES string of the molecule is COc1ccc(Cn2nc(N[C@@H]3CCN(C(=O)/C=C/CN(C)C)C3)c3c(Oc4ccc(Oc5ccccc5)cc4S(N)(=O)=O)ccnc32)cc1. The van der Waals surface area contributed by atoms with Gasteiger partial charge in [-0.05, 0) is 62.5 Å². The first-order valence-corrected chi connectivity index (χ1v) is 17.5. The first-order valence-electron chi connectivity index (χ1n) is 16.0. The molecule has 2 aromatic heterocycles. The van der Waals surface area contributed by atoms with Crippen molar-refractivity contribution in [3.8, 4) is 28.7 Å². The predicted molar refractivity (Wildman–Crippen MR) is 190 cm³/mol. The number of ether oxygens (including phenoxy) is 3. The van der Waals surface area contributed by atoms with Gasteiger partial charge in [-0.25, -0.2) is 23.2 Å². The number of nitrogens with zero attached hydrogens (tertiary/aromatic N) is 5. The number of hydrogen-bond donors (Lipinski definition) is 2. The molecule has 1 aliphatic heterocycles. The van der Waals surface area contributed by atoms with Gasteiger partial charge in [0.15, 0.2) is 11.5 Å². The van der Waals surface area contributed by atoms with E-state index < -0.39 is 10.0 Å². The standard InChI is InChI=1S/C36H39N7O6S/c1-41(2)20-7-10-33(44)42-21-18-26(24-42)39-35-34-31(17-19-38-36(34)43(40-35)23-25-11-13-27(47-3)14-12-25)49-30-16-15-29(22-32(30)50(37,45)46)48-28-8-5-4-6-9-28/h4-17,19,22,26H,18,20-21,23-24H2,1-3H3,(H,39,40)(H2,37,45,46)/b10-7+/t26-/m1/s1. The zero-order valence-corrected chi connectivity index (χ0v) is 28.8. The molecule has 1 atom stereocenters. The number of likely N-dealkylation sites (N-methyl/N-ethyl adjacent to an activating group) is 1. The zero-order valence-electron chi connectivity index (χ0n) is 28.0. The third-order valence-electron chi connectivity index (χ3n) is 8.08. The topological polar surface area (TPSA) is 154 Å². The van der Waals surface area contributed by atoms with Gasteiger partial charge in [-0.15, -0.1) is 0 Å². The fraction of sp³-hybridized carbons (Fsp3) is 0.250. The molecule has 3 aromatic carbocycles. The lowest BCUT2D eigenvalue weighted by Gasteiger charge is -2.16. The number of carbonyl (C=O) groups is 1. The number of nitrogens with two attached hydrogens (primary N) is 1. The van der Waals surface area contributed by atoms with Crippen molar-refractivity contribution >= 4 is 32.8 Å². The lowest BCUT2D eigenvalue weighted by atomic mass is 10.2. The average Bonchev–Trinajstić information content (AvgIpc) is 3.71. The van der Waals surface area contributed by atoms with Gasteiger partial charge in [-0.2, -0.15) is 5.10 Å². The minimum absolute atomic E-state index is 0.0106. The Bertz CT molecular complexity index is 2100. The number of pyridine rings is 1. The van der Waals surface area contributed by atoms with E-state index in [1.54, 1.807) is 53.2 Å². The molecule has 0 unspecified atom stereocenters. The third-order valence-corrected chi connectivity index (χ3v) is 9.01. The molecule has 14 heteroatoms. The van der Waals surface area contributed by atoms with Crippen LogP contribution in [0.4, 0.5) is 5.82 Å². The molecule has 1 amide bonds. The Hall–Kier alpha value is -5.44. The van der Waals surface area contributed by atoms with Crippen LogP contribution in [0.25, 0.3) is 11.0 Å². The lowest BCUT2D eigenvalue weighted by molar-refractivity contribution is -0.125. The van der Waals surface area contributed by atoms with Gasteiger partial charge in [0.2, 0.25) is 15.9 Å². The highest BCUT2D eigenvalue weighted by Crippen LogP contribution is 2.38. The number of nitrogens with one attached hydrogen (secondary N) is 1. The van der Waals surface area contributed by atoms with Gasteiger partial charge in [-0.3, -0.25) is 4.79 Å². The molecule has 50 heavy (non-hydrogen) atoms. The molecule has 0 radical (unpaired) electrons. The molecular weight excluding hydrogens is 659 g/mol. The Morgan fingerprint density at radius 2 is 1.76 bits per heavy atom. The molecule has 1 fully saturated rings. The van der Waals surface area contributed by atoms with Crippen LogP contribution in [0.15, 0.2) is 102 Å². The molecule has 6 rings (SSSR count). The van der Waals surface area contributed by atoms with Crippen LogP contribution in [0.2, 0.25) is 0 Å². The number of para-hydroxylation sites is 1. The summed E-state index contributed by atoms with van der Waals surface area (Å²) in [6, 6.07) is 22.6. The maximum Gasteiger partial charge on any atom is 0.246 e. The van der Waals surface area contributed by atoms with Crippen LogP contribution in [0.3, 0.4) is 0 Å². The summed E-state index contributed by atoms with van der Waals surface area (Å²) in [7, 11) is 1.27. The zero-order chi connectivity index (χ0) is 35.3. The molecule has 1 saturated heterocycles. The summed E-state index contributed by atoms with van der Waals surface area (Å²) in [6.45, 7) is 2.13. The second-order valence-corrected chi connectivity index (χ2v) is 13.6. The molecule has 0 spiro atoms. The molecular formula is C36H39N7O6S. The van der Waals surface area contributed by atoms with E-state index in [0.29, 0.717) is 61.0 Å². The Labute approximate surface area is 290 Å². The van der Waals surface area contributed by atoms with E-state index in [4.69, 9.17) is 24.4 Å². The summed E-state index contributed by atoms with van der Waals surface area (Å²) in [5.41, 5.74) is 1.47. The summed E-state index contributed by atoms with van der Waals surface area (Å²) in [5.74, 6) is 2.31. The third kappa shape index (κ3) is 8.22. The molecule has 3 heterocycles. The second kappa shape index (κ2) is 15.0. The van der Waals surface area contributed by atoms with Crippen LogP contribution in [-0.2, 0) is 21.4 Å². The maximum atomic E-state index is 12.9. The van der Waals surface area contributed by atoms with Gasteiger partial charge in [0.25, 0.3) is 0 Å². The molecule has 0 bridgehead atoms. The van der Waals surface area contributed by atoms with Gasteiger partial charge >= 0.3 is 0 Å². The number of fused-ring (bicyclic) bond motifs is 1. The predicted octanol–water partition coefficient (Wildman–Crippen LogP) is 4.85. The number of benzene rings is 3. The molecule has 0 saturated carbocycles. The highest BCUT2D eigenvalue weighted by molar-refractivity contribution is 7.89. The minimum Gasteiger partial charge on any atom is -0.497 e. The van der Waals surface area contributed by atoms with E-state index in [0.717, 1.165) is 11.3 Å². The number of carbonyl (C=O) groups excluding carboxylic acids is 1. The van der Waals surface area contributed by atoms with Crippen molar-refractivity contribution < 1.29 is 27.4 Å². The van der Waals surface area contributed by atoms with E-state index in [1.165, 1.54) is 12.1 Å². The minimum atomic E-state index is -4.23. The number of rotatable bonds is 13. The molecule has 0 aliphatic carbocycles. The largest absolute Gasteiger partial charge is 0.497 e. The Kier molecular flexibility index (Phi) is 10.3. The van der Waals surface area contributed by atoms with Gasteiger partial charge in [0.1, 0.15) is 39.0 Å². The van der Waals surface area contributed by atoms with Gasteiger partial charge in [0.05, 0.1) is 13.7 Å². The lowest BCUT2D eigenvalue weighted by Crippen LogP contribution is -2.30. The number of hydrogen-bond acceptors (Lipinski definition) is 10. The number of anilines is 1. The van der Waals surface area contributed by atoms with Crippen molar-refractivity contribution in [3.05, 3.63) is 103 Å². The van der Waals surface area contributed by atoms with Gasteiger partial charge in [-0.1, -0.05) is 36.4 Å². The van der Waals surface area contributed by atoms with Crippen molar-refractivity contribution in [1.29, 1.82) is 0 Å². The summed E-state index contributed by atoms with van der Waals surface area (Å²) < 4.78 is 44.9.